The molecule has 0 bridgehead atoms. The fourth-order valence-corrected chi connectivity index (χ4v) is 4.59. The number of pyridine rings is 1. The van der Waals surface area contributed by atoms with Crippen molar-refractivity contribution in [1.29, 1.82) is 0 Å². The number of benzene rings is 2. The molecule has 0 atom stereocenters. The van der Waals surface area contributed by atoms with Gasteiger partial charge in [-0.15, -0.1) is 21.5 Å². The minimum absolute atomic E-state index is 0.122. The van der Waals surface area contributed by atoms with Crippen LogP contribution in [0.3, 0.4) is 0 Å². The first-order chi connectivity index (χ1) is 16.2. The predicted octanol–water partition coefficient (Wildman–Crippen LogP) is 5.75. The Hall–Kier alpha value is -3.69. The lowest BCUT2D eigenvalue weighted by atomic mass is 10.1. The molecule has 33 heavy (non-hydrogen) atoms. The third kappa shape index (κ3) is 4.59. The summed E-state index contributed by atoms with van der Waals surface area (Å²) in [6.45, 7) is 0. The van der Waals surface area contributed by atoms with Crippen molar-refractivity contribution in [3.63, 3.8) is 0 Å². The number of thiophene rings is 1. The number of thioether (sulfide) groups is 1. The van der Waals surface area contributed by atoms with Gasteiger partial charge in [-0.1, -0.05) is 48.2 Å². The molecule has 5 rings (SSSR count). The Labute approximate surface area is 197 Å². The maximum Gasteiger partial charge on any atom is 0.277 e. The summed E-state index contributed by atoms with van der Waals surface area (Å²) in [7, 11) is 1.56. The highest BCUT2D eigenvalue weighted by Crippen LogP contribution is 2.34. The van der Waals surface area contributed by atoms with E-state index in [-0.39, 0.29) is 11.7 Å². The minimum Gasteiger partial charge on any atom is -0.495 e. The van der Waals surface area contributed by atoms with Crippen LogP contribution in [0.5, 0.6) is 5.75 Å². The number of nitrogens with one attached hydrogen (secondary N) is 1. The lowest BCUT2D eigenvalue weighted by molar-refractivity contribution is -0.113. The van der Waals surface area contributed by atoms with Gasteiger partial charge in [0.05, 0.1) is 40.2 Å². The molecule has 7 nitrogen and oxygen atoms in total. The van der Waals surface area contributed by atoms with Crippen molar-refractivity contribution in [2.24, 2.45) is 0 Å². The van der Waals surface area contributed by atoms with Crippen molar-refractivity contribution in [1.82, 2.24) is 15.2 Å². The monoisotopic (exact) mass is 474 g/mol. The molecule has 1 N–H and O–H groups in total. The largest absolute Gasteiger partial charge is 0.495 e. The molecule has 0 fully saturated rings. The lowest BCUT2D eigenvalue weighted by Gasteiger charge is -2.08. The molecule has 0 unspecified atom stereocenters. The first-order valence-corrected chi connectivity index (χ1v) is 11.9. The van der Waals surface area contributed by atoms with E-state index in [1.807, 2.05) is 60.0 Å². The first-order valence-electron chi connectivity index (χ1n) is 10.0. The number of amides is 1. The molecule has 3 heterocycles. The molecular weight excluding hydrogens is 456 g/mol. The summed E-state index contributed by atoms with van der Waals surface area (Å²) >= 11 is 2.80. The van der Waals surface area contributed by atoms with Crippen LogP contribution in [0.25, 0.3) is 32.9 Å². The van der Waals surface area contributed by atoms with E-state index in [1.165, 1.54) is 11.8 Å². The van der Waals surface area contributed by atoms with E-state index in [2.05, 4.69) is 15.5 Å². The topological polar surface area (TPSA) is 90.1 Å². The van der Waals surface area contributed by atoms with Crippen LogP contribution < -0.4 is 10.1 Å². The van der Waals surface area contributed by atoms with Crippen molar-refractivity contribution >= 4 is 45.6 Å². The third-order valence-corrected chi connectivity index (χ3v) is 6.55. The zero-order valence-electron chi connectivity index (χ0n) is 17.5. The molecule has 2 aromatic carbocycles. The summed E-state index contributed by atoms with van der Waals surface area (Å²) < 4.78 is 11.2. The molecule has 0 saturated carbocycles. The van der Waals surface area contributed by atoms with Gasteiger partial charge in [0.25, 0.3) is 5.22 Å². The van der Waals surface area contributed by atoms with E-state index < -0.39 is 0 Å². The van der Waals surface area contributed by atoms with E-state index in [4.69, 9.17) is 14.1 Å². The Morgan fingerprint density at radius 3 is 2.79 bits per heavy atom. The lowest BCUT2D eigenvalue weighted by Crippen LogP contribution is -2.14. The van der Waals surface area contributed by atoms with Gasteiger partial charge in [0.2, 0.25) is 11.8 Å². The van der Waals surface area contributed by atoms with E-state index >= 15 is 0 Å². The molecule has 1 amide bonds. The number of ether oxygens (including phenoxy) is 1. The number of methoxy groups -OCH3 is 1. The molecule has 0 aliphatic heterocycles. The van der Waals surface area contributed by atoms with Gasteiger partial charge in [-0.3, -0.25) is 4.79 Å². The van der Waals surface area contributed by atoms with Gasteiger partial charge < -0.3 is 14.5 Å². The average Bonchev–Trinajstić information content (AvgIpc) is 3.55. The van der Waals surface area contributed by atoms with Crippen molar-refractivity contribution in [3.8, 4) is 27.8 Å². The summed E-state index contributed by atoms with van der Waals surface area (Å²) in [6.07, 6.45) is 0. The van der Waals surface area contributed by atoms with Crippen LogP contribution in [-0.2, 0) is 4.79 Å². The average molecular weight is 475 g/mol. The normalized spacial score (nSPS) is 10.9. The number of fused-ring (bicyclic) bond motifs is 1. The maximum absolute atomic E-state index is 12.4. The molecule has 0 saturated heterocycles. The molecule has 0 aliphatic carbocycles. The number of carbonyl (C=O) groups excluding carboxylic acids is 1. The quantitative estimate of drug-likeness (QED) is 0.300. The van der Waals surface area contributed by atoms with Crippen LogP contribution in [0, 0.1) is 0 Å². The van der Waals surface area contributed by atoms with Crippen LogP contribution in [0.1, 0.15) is 0 Å². The first kappa shape index (κ1) is 21.2. The van der Waals surface area contributed by atoms with Gasteiger partial charge in [0.1, 0.15) is 5.75 Å². The van der Waals surface area contributed by atoms with Crippen LogP contribution >= 0.6 is 23.1 Å². The van der Waals surface area contributed by atoms with Gasteiger partial charge in [-0.2, -0.15) is 0 Å². The number of para-hydroxylation sites is 3. The molecule has 0 radical (unpaired) electrons. The Morgan fingerprint density at radius 2 is 1.94 bits per heavy atom. The van der Waals surface area contributed by atoms with Crippen LogP contribution in [0.4, 0.5) is 5.69 Å². The summed E-state index contributed by atoms with van der Waals surface area (Å²) in [5.74, 6) is 0.914. The SMILES string of the molecule is COc1ccccc1NC(=O)CSc1nnc(-c2cc(-c3cccs3)nc3ccccc23)o1. The van der Waals surface area contributed by atoms with E-state index in [1.54, 1.807) is 30.6 Å². The highest BCUT2D eigenvalue weighted by atomic mass is 32.2. The molecule has 3 aromatic heterocycles. The van der Waals surface area contributed by atoms with Crippen molar-refractivity contribution in [2.45, 2.75) is 5.22 Å². The number of aromatic nitrogens is 3. The number of hydrogen-bond donors (Lipinski definition) is 1. The van der Waals surface area contributed by atoms with Crippen molar-refractivity contribution in [3.05, 3.63) is 72.1 Å². The molecule has 9 heteroatoms. The Morgan fingerprint density at radius 1 is 1.09 bits per heavy atom. The van der Waals surface area contributed by atoms with Crippen LogP contribution in [0.2, 0.25) is 0 Å². The highest BCUT2D eigenvalue weighted by Gasteiger charge is 2.17. The Bertz CT molecular complexity index is 1420. The molecule has 164 valence electrons. The molecular formula is C24H18N4O3S2. The molecule has 0 spiro atoms. The number of anilines is 1. The summed E-state index contributed by atoms with van der Waals surface area (Å²) in [5.41, 5.74) is 3.12. The van der Waals surface area contributed by atoms with E-state index in [9.17, 15) is 4.79 Å². The second-order valence-corrected chi connectivity index (χ2v) is 8.83. The van der Waals surface area contributed by atoms with E-state index in [0.29, 0.717) is 22.6 Å². The van der Waals surface area contributed by atoms with Crippen molar-refractivity contribution < 1.29 is 13.9 Å². The standard InChI is InChI=1S/C24H18N4O3S2/c1-30-20-10-5-4-9-18(20)26-22(29)14-33-24-28-27-23(31-24)16-13-19(21-11-6-12-32-21)25-17-8-3-2-7-15(16)17/h2-13H,14H2,1H3,(H,26,29). The number of hydrogen-bond acceptors (Lipinski definition) is 8. The van der Waals surface area contributed by atoms with Crippen LogP contribution in [-0.4, -0.2) is 34.0 Å². The predicted molar refractivity (Wildman–Crippen MR) is 131 cm³/mol. The van der Waals surface area contributed by atoms with Crippen molar-refractivity contribution in [2.75, 3.05) is 18.2 Å². The van der Waals surface area contributed by atoms with Crippen LogP contribution in [0.15, 0.2) is 81.8 Å². The Kier molecular flexibility index (Phi) is 6.05. The fraction of sp³-hybridized carbons (Fsp3) is 0.0833. The van der Waals surface area contributed by atoms with Gasteiger partial charge in [-0.05, 0) is 35.7 Å². The zero-order chi connectivity index (χ0) is 22.6. The van der Waals surface area contributed by atoms with Gasteiger partial charge in [-0.25, -0.2) is 4.98 Å². The van der Waals surface area contributed by atoms with Gasteiger partial charge in [0, 0.05) is 5.39 Å². The number of rotatable bonds is 7. The fourth-order valence-electron chi connectivity index (χ4n) is 3.34. The number of carbonyl (C=O) groups is 1. The summed E-state index contributed by atoms with van der Waals surface area (Å²) in [5, 5.41) is 14.5. The van der Waals surface area contributed by atoms with Gasteiger partial charge >= 0.3 is 0 Å². The molecule has 5 aromatic rings. The minimum atomic E-state index is -0.196. The summed E-state index contributed by atoms with van der Waals surface area (Å²) in [6, 6.07) is 21.1. The second kappa shape index (κ2) is 9.43. The second-order valence-electron chi connectivity index (χ2n) is 6.96. The maximum atomic E-state index is 12.4. The highest BCUT2D eigenvalue weighted by molar-refractivity contribution is 7.99. The van der Waals surface area contributed by atoms with Gasteiger partial charge in [0.15, 0.2) is 0 Å². The third-order valence-electron chi connectivity index (χ3n) is 4.83. The zero-order valence-corrected chi connectivity index (χ0v) is 19.2. The Balaban J connectivity index is 1.36. The summed E-state index contributed by atoms with van der Waals surface area (Å²) in [4.78, 5) is 18.2. The van der Waals surface area contributed by atoms with E-state index in [0.717, 1.165) is 27.0 Å². The number of nitrogens with zero attached hydrogens (tertiary/aromatic N) is 3. The molecule has 0 aliphatic rings. The smallest absolute Gasteiger partial charge is 0.277 e.